The van der Waals surface area contributed by atoms with Gasteiger partial charge in [-0.3, -0.25) is 4.79 Å². The summed E-state index contributed by atoms with van der Waals surface area (Å²) in [6.07, 6.45) is 2.33. The van der Waals surface area contributed by atoms with E-state index in [9.17, 15) is 4.79 Å². The van der Waals surface area contributed by atoms with Gasteiger partial charge in [0.15, 0.2) is 0 Å². The predicted molar refractivity (Wildman–Crippen MR) is 132 cm³/mol. The number of benzene rings is 1. The van der Waals surface area contributed by atoms with Gasteiger partial charge in [-0.1, -0.05) is 23.9 Å². The number of para-hydroxylation sites is 2. The summed E-state index contributed by atoms with van der Waals surface area (Å²) >= 11 is 2.99. The van der Waals surface area contributed by atoms with Crippen molar-refractivity contribution >= 4 is 55.1 Å². The minimum Gasteiger partial charge on any atom is -0.495 e. The molecule has 0 fully saturated rings. The molecule has 170 valence electrons. The molecule has 9 heteroatoms. The molecule has 0 spiro atoms. The van der Waals surface area contributed by atoms with Crippen LogP contribution in [0.2, 0.25) is 0 Å². The molecule has 7 nitrogen and oxygen atoms in total. The molecule has 4 aromatic rings. The standard InChI is InChI=1S/C24H24N4O3S2/c1-13(21(29)27-16-7-5-6-8-18(16)30-4)32-23-20-19(25-12-26-23)15-9-14-11-31-24(2,3)10-17(14)28-22(15)33-20/h5-9,12-13H,10-11H2,1-4H3,(H,27,29)/t13-/m0/s1. The van der Waals surface area contributed by atoms with Crippen molar-refractivity contribution in [3.63, 3.8) is 0 Å². The Hall–Kier alpha value is -2.75. The average Bonchev–Trinajstić information content (AvgIpc) is 3.15. The summed E-state index contributed by atoms with van der Waals surface area (Å²) in [7, 11) is 1.58. The lowest BCUT2D eigenvalue weighted by Crippen LogP contribution is -2.32. The van der Waals surface area contributed by atoms with E-state index in [1.54, 1.807) is 24.8 Å². The van der Waals surface area contributed by atoms with Crippen LogP contribution >= 0.6 is 23.1 Å². The number of fused-ring (bicyclic) bond motifs is 4. The van der Waals surface area contributed by atoms with E-state index >= 15 is 0 Å². The number of hydrogen-bond acceptors (Lipinski definition) is 8. The van der Waals surface area contributed by atoms with Gasteiger partial charge in [0.25, 0.3) is 0 Å². The van der Waals surface area contributed by atoms with Crippen LogP contribution in [0.4, 0.5) is 5.69 Å². The molecule has 0 unspecified atom stereocenters. The van der Waals surface area contributed by atoms with E-state index in [1.165, 1.54) is 11.8 Å². The zero-order chi connectivity index (χ0) is 23.2. The Morgan fingerprint density at radius 3 is 2.94 bits per heavy atom. The molecule has 0 saturated carbocycles. The third-order valence-corrected chi connectivity index (χ3v) is 7.94. The van der Waals surface area contributed by atoms with Gasteiger partial charge in [-0.05, 0) is 39.0 Å². The number of methoxy groups -OCH3 is 1. The zero-order valence-electron chi connectivity index (χ0n) is 18.8. The monoisotopic (exact) mass is 480 g/mol. The van der Waals surface area contributed by atoms with E-state index in [4.69, 9.17) is 14.5 Å². The number of rotatable bonds is 5. The quantitative estimate of drug-likeness (QED) is 0.310. The third kappa shape index (κ3) is 4.28. The molecule has 5 rings (SSSR count). The molecule has 1 aromatic carbocycles. The topological polar surface area (TPSA) is 86.2 Å². The number of thiophene rings is 1. The predicted octanol–water partition coefficient (Wildman–Crippen LogP) is 5.22. The SMILES string of the molecule is COc1ccccc1NC(=O)[C@H](C)Sc1ncnc2c1sc1nc3c(cc12)COC(C)(C)C3. The van der Waals surface area contributed by atoms with Gasteiger partial charge in [0.1, 0.15) is 21.9 Å². The number of carbonyl (C=O) groups excluding carboxylic acids is 1. The van der Waals surface area contributed by atoms with Crippen molar-refractivity contribution in [2.45, 2.75) is 49.7 Å². The van der Waals surface area contributed by atoms with Gasteiger partial charge in [0.05, 0.1) is 46.2 Å². The number of aromatic nitrogens is 3. The number of thioether (sulfide) groups is 1. The van der Waals surface area contributed by atoms with Gasteiger partial charge < -0.3 is 14.8 Å². The summed E-state index contributed by atoms with van der Waals surface area (Å²) in [6.45, 7) is 6.59. The minimum absolute atomic E-state index is 0.120. The molecule has 0 bridgehead atoms. The fraction of sp³-hybridized carbons (Fsp3) is 0.333. The summed E-state index contributed by atoms with van der Waals surface area (Å²) in [5.41, 5.74) is 3.49. The maximum atomic E-state index is 12.9. The van der Waals surface area contributed by atoms with Crippen LogP contribution in [0.5, 0.6) is 5.75 Å². The first-order chi connectivity index (χ1) is 15.8. The van der Waals surface area contributed by atoms with Crippen LogP contribution in [0.15, 0.2) is 41.7 Å². The first kappa shape index (κ1) is 22.1. The average molecular weight is 481 g/mol. The lowest BCUT2D eigenvalue weighted by molar-refractivity contribution is -0.115. The van der Waals surface area contributed by atoms with E-state index in [2.05, 4.69) is 35.2 Å². The van der Waals surface area contributed by atoms with Crippen molar-refractivity contribution in [1.82, 2.24) is 15.0 Å². The highest BCUT2D eigenvalue weighted by atomic mass is 32.2. The van der Waals surface area contributed by atoms with Gasteiger partial charge in [-0.2, -0.15) is 0 Å². The summed E-state index contributed by atoms with van der Waals surface area (Å²) in [4.78, 5) is 27.8. The van der Waals surface area contributed by atoms with E-state index in [0.717, 1.165) is 43.1 Å². The molecule has 33 heavy (non-hydrogen) atoms. The van der Waals surface area contributed by atoms with E-state index < -0.39 is 0 Å². The molecule has 1 amide bonds. The normalized spacial score (nSPS) is 15.9. The van der Waals surface area contributed by atoms with Crippen LogP contribution in [0.3, 0.4) is 0 Å². The number of amides is 1. The van der Waals surface area contributed by atoms with Crippen LogP contribution < -0.4 is 10.1 Å². The molecule has 0 saturated heterocycles. The van der Waals surface area contributed by atoms with Crippen LogP contribution in [0.1, 0.15) is 32.0 Å². The molecule has 1 aliphatic heterocycles. The Kier molecular flexibility index (Phi) is 5.72. The number of nitrogens with zero attached hydrogens (tertiary/aromatic N) is 3. The van der Waals surface area contributed by atoms with Crippen molar-refractivity contribution in [1.29, 1.82) is 0 Å². The molecular formula is C24H24N4O3S2. The fourth-order valence-corrected chi connectivity index (χ4v) is 5.95. The number of nitrogens with one attached hydrogen (secondary N) is 1. The van der Waals surface area contributed by atoms with Crippen LogP contribution in [0.25, 0.3) is 20.4 Å². The number of ether oxygens (including phenoxy) is 2. The van der Waals surface area contributed by atoms with Crippen molar-refractivity contribution in [2.75, 3.05) is 12.4 Å². The first-order valence-corrected chi connectivity index (χ1v) is 12.3. The maximum Gasteiger partial charge on any atom is 0.237 e. The van der Waals surface area contributed by atoms with Crippen LogP contribution in [0, 0.1) is 0 Å². The summed E-state index contributed by atoms with van der Waals surface area (Å²) in [5.74, 6) is 0.504. The number of hydrogen-bond donors (Lipinski definition) is 1. The minimum atomic E-state index is -0.367. The summed E-state index contributed by atoms with van der Waals surface area (Å²) in [6, 6.07) is 9.51. The Morgan fingerprint density at radius 1 is 1.30 bits per heavy atom. The number of anilines is 1. The maximum absolute atomic E-state index is 12.9. The van der Waals surface area contributed by atoms with Crippen molar-refractivity contribution in [3.8, 4) is 5.75 Å². The summed E-state index contributed by atoms with van der Waals surface area (Å²) < 4.78 is 12.3. The Morgan fingerprint density at radius 2 is 2.12 bits per heavy atom. The largest absolute Gasteiger partial charge is 0.495 e. The van der Waals surface area contributed by atoms with Gasteiger partial charge >= 0.3 is 0 Å². The second-order valence-electron chi connectivity index (χ2n) is 8.58. The lowest BCUT2D eigenvalue weighted by atomic mass is 9.95. The molecule has 0 radical (unpaired) electrons. The van der Waals surface area contributed by atoms with Crippen LogP contribution in [-0.2, 0) is 22.6 Å². The Labute approximate surface area is 199 Å². The van der Waals surface area contributed by atoms with E-state index in [-0.39, 0.29) is 16.8 Å². The molecule has 1 atom stereocenters. The second-order valence-corrected chi connectivity index (χ2v) is 10.9. The molecule has 1 aliphatic rings. The highest BCUT2D eigenvalue weighted by Gasteiger charge is 2.28. The zero-order valence-corrected chi connectivity index (χ0v) is 20.5. The highest BCUT2D eigenvalue weighted by molar-refractivity contribution is 8.00. The number of pyridine rings is 1. The van der Waals surface area contributed by atoms with Gasteiger partial charge in [-0.15, -0.1) is 11.3 Å². The molecular weight excluding hydrogens is 456 g/mol. The van der Waals surface area contributed by atoms with Gasteiger partial charge in [0, 0.05) is 17.4 Å². The second kappa shape index (κ2) is 8.55. The number of carbonyl (C=O) groups is 1. The van der Waals surface area contributed by atoms with Gasteiger partial charge in [0.2, 0.25) is 5.91 Å². The molecule has 1 N–H and O–H groups in total. The fourth-order valence-electron chi connectivity index (χ4n) is 3.85. The van der Waals surface area contributed by atoms with E-state index in [0.29, 0.717) is 18.0 Å². The van der Waals surface area contributed by atoms with Crippen molar-refractivity contribution < 1.29 is 14.3 Å². The highest BCUT2D eigenvalue weighted by Crippen LogP contribution is 2.40. The van der Waals surface area contributed by atoms with Crippen LogP contribution in [-0.4, -0.2) is 38.8 Å². The molecule has 4 heterocycles. The van der Waals surface area contributed by atoms with E-state index in [1.807, 2.05) is 31.2 Å². The summed E-state index contributed by atoms with van der Waals surface area (Å²) in [5, 5.41) is 4.37. The smallest absolute Gasteiger partial charge is 0.237 e. The van der Waals surface area contributed by atoms with Crippen molar-refractivity contribution in [3.05, 3.63) is 47.9 Å². The Balaban J connectivity index is 1.44. The third-order valence-electron chi connectivity index (χ3n) is 5.62. The first-order valence-electron chi connectivity index (χ1n) is 10.6. The molecule has 0 aliphatic carbocycles. The Bertz CT molecular complexity index is 1370. The lowest BCUT2D eigenvalue weighted by Gasteiger charge is -2.30. The van der Waals surface area contributed by atoms with Crippen molar-refractivity contribution in [2.24, 2.45) is 0 Å². The molecule has 3 aromatic heterocycles. The van der Waals surface area contributed by atoms with Gasteiger partial charge in [-0.25, -0.2) is 15.0 Å².